The first-order chi connectivity index (χ1) is 15.6. The molecule has 2 aromatic carbocycles. The van der Waals surface area contributed by atoms with Gasteiger partial charge in [0, 0.05) is 30.9 Å². The van der Waals surface area contributed by atoms with Crippen molar-refractivity contribution in [3.8, 4) is 11.5 Å². The molecule has 32 heavy (non-hydrogen) atoms. The molecule has 2 aromatic rings. The van der Waals surface area contributed by atoms with Crippen molar-refractivity contribution in [3.05, 3.63) is 54.1 Å². The van der Waals surface area contributed by atoms with Crippen LogP contribution in [-0.4, -0.2) is 57.2 Å². The van der Waals surface area contributed by atoms with Gasteiger partial charge in [-0.1, -0.05) is 12.1 Å². The topological polar surface area (TPSA) is 115 Å². The minimum Gasteiger partial charge on any atom is -0.493 e. The van der Waals surface area contributed by atoms with Crippen molar-refractivity contribution in [1.82, 2.24) is 10.6 Å². The van der Waals surface area contributed by atoms with Gasteiger partial charge < -0.3 is 30.2 Å². The summed E-state index contributed by atoms with van der Waals surface area (Å²) in [6, 6.07) is 13.5. The van der Waals surface area contributed by atoms with Crippen LogP contribution in [0, 0.1) is 0 Å². The van der Waals surface area contributed by atoms with E-state index in [9.17, 15) is 14.4 Å². The van der Waals surface area contributed by atoms with Crippen LogP contribution in [0.3, 0.4) is 0 Å². The van der Waals surface area contributed by atoms with Crippen LogP contribution in [0.2, 0.25) is 0 Å². The molecule has 3 amide bonds. The summed E-state index contributed by atoms with van der Waals surface area (Å²) in [6.45, 7) is 1.06. The molecule has 0 saturated carbocycles. The predicted molar refractivity (Wildman–Crippen MR) is 118 cm³/mol. The minimum atomic E-state index is -0.381. The molecule has 1 fully saturated rings. The number of benzene rings is 2. The number of methoxy groups -OCH3 is 1. The summed E-state index contributed by atoms with van der Waals surface area (Å²) in [5.74, 6) is 0.265. The van der Waals surface area contributed by atoms with Gasteiger partial charge in [-0.05, 0) is 49.2 Å². The Morgan fingerprint density at radius 2 is 1.72 bits per heavy atom. The average Bonchev–Trinajstić information content (AvgIpc) is 3.36. The van der Waals surface area contributed by atoms with E-state index in [-0.39, 0.29) is 30.4 Å². The zero-order valence-corrected chi connectivity index (χ0v) is 17.9. The Hall–Kier alpha value is -3.59. The van der Waals surface area contributed by atoms with Crippen molar-refractivity contribution in [3.63, 3.8) is 0 Å². The third kappa shape index (κ3) is 6.71. The smallest absolute Gasteiger partial charge is 0.262 e. The van der Waals surface area contributed by atoms with Gasteiger partial charge in [0.15, 0.2) is 18.1 Å². The first-order valence-corrected chi connectivity index (χ1v) is 10.4. The Morgan fingerprint density at radius 1 is 1.00 bits per heavy atom. The van der Waals surface area contributed by atoms with Crippen molar-refractivity contribution in [1.29, 1.82) is 0 Å². The maximum absolute atomic E-state index is 12.2. The van der Waals surface area contributed by atoms with Crippen LogP contribution >= 0.6 is 0 Å². The number of amides is 3. The first-order valence-electron chi connectivity index (χ1n) is 10.4. The van der Waals surface area contributed by atoms with E-state index in [4.69, 9.17) is 14.2 Å². The van der Waals surface area contributed by atoms with Crippen LogP contribution in [-0.2, 0) is 14.3 Å². The van der Waals surface area contributed by atoms with E-state index in [0.717, 1.165) is 12.8 Å². The van der Waals surface area contributed by atoms with Gasteiger partial charge in [-0.15, -0.1) is 0 Å². The number of nitrogens with one attached hydrogen (secondary N) is 3. The highest BCUT2D eigenvalue weighted by Gasteiger charge is 2.22. The van der Waals surface area contributed by atoms with Crippen LogP contribution in [0.4, 0.5) is 5.69 Å². The number of carbonyl (C=O) groups is 3. The standard InChI is InChI=1S/C23H27N3O6/c1-30-18-5-2-3-6-19(18)32-15-21(27)26-17-10-8-16(9-11-17)22(28)24-12-13-25-23(29)20-7-4-14-31-20/h2-3,5-6,8-11,20H,4,7,12-15H2,1H3,(H,24,28)(H,25,29)(H,26,27). The highest BCUT2D eigenvalue weighted by molar-refractivity contribution is 5.96. The molecule has 0 aromatic heterocycles. The Kier molecular flexibility index (Phi) is 8.44. The molecule has 3 rings (SSSR count). The van der Waals surface area contributed by atoms with Crippen LogP contribution in [0.15, 0.2) is 48.5 Å². The van der Waals surface area contributed by atoms with Crippen LogP contribution in [0.1, 0.15) is 23.2 Å². The fraction of sp³-hybridized carbons (Fsp3) is 0.348. The molecule has 1 atom stereocenters. The van der Waals surface area contributed by atoms with E-state index in [1.165, 1.54) is 7.11 Å². The molecule has 1 heterocycles. The lowest BCUT2D eigenvalue weighted by Crippen LogP contribution is -2.39. The van der Waals surface area contributed by atoms with Crippen molar-refractivity contribution in [2.24, 2.45) is 0 Å². The van der Waals surface area contributed by atoms with Gasteiger partial charge in [-0.2, -0.15) is 0 Å². The number of anilines is 1. The minimum absolute atomic E-state index is 0.147. The largest absolute Gasteiger partial charge is 0.493 e. The summed E-state index contributed by atoms with van der Waals surface area (Å²) in [6.07, 6.45) is 1.24. The molecule has 1 unspecified atom stereocenters. The third-order valence-electron chi connectivity index (χ3n) is 4.79. The Morgan fingerprint density at radius 3 is 2.41 bits per heavy atom. The molecule has 3 N–H and O–H groups in total. The summed E-state index contributed by atoms with van der Waals surface area (Å²) < 4.78 is 16.0. The summed E-state index contributed by atoms with van der Waals surface area (Å²) in [7, 11) is 1.53. The second-order valence-electron chi connectivity index (χ2n) is 7.11. The molecule has 0 bridgehead atoms. The second-order valence-corrected chi connectivity index (χ2v) is 7.11. The molecule has 9 nitrogen and oxygen atoms in total. The van der Waals surface area contributed by atoms with Crippen LogP contribution in [0.5, 0.6) is 11.5 Å². The van der Waals surface area contributed by atoms with E-state index in [1.54, 1.807) is 42.5 Å². The van der Waals surface area contributed by atoms with E-state index < -0.39 is 0 Å². The van der Waals surface area contributed by atoms with E-state index in [1.807, 2.05) is 6.07 Å². The van der Waals surface area contributed by atoms with E-state index in [2.05, 4.69) is 16.0 Å². The lowest BCUT2D eigenvalue weighted by atomic mass is 10.2. The normalized spacial score (nSPS) is 15.0. The Bertz CT molecular complexity index is 926. The molecule has 0 aliphatic carbocycles. The van der Waals surface area contributed by atoms with Crippen molar-refractivity contribution in [2.45, 2.75) is 18.9 Å². The maximum atomic E-state index is 12.2. The molecule has 1 aliphatic heterocycles. The van der Waals surface area contributed by atoms with Gasteiger partial charge in [0.1, 0.15) is 6.10 Å². The third-order valence-corrected chi connectivity index (χ3v) is 4.79. The van der Waals surface area contributed by atoms with E-state index in [0.29, 0.717) is 42.4 Å². The number of rotatable bonds is 10. The number of carbonyl (C=O) groups excluding carboxylic acids is 3. The zero-order valence-electron chi connectivity index (χ0n) is 17.9. The van der Waals surface area contributed by atoms with Gasteiger partial charge in [-0.3, -0.25) is 14.4 Å². The van der Waals surface area contributed by atoms with Crippen molar-refractivity contribution >= 4 is 23.4 Å². The SMILES string of the molecule is COc1ccccc1OCC(=O)Nc1ccc(C(=O)NCCNC(=O)C2CCCO2)cc1. The molecule has 1 aliphatic rings. The molecular formula is C23H27N3O6. The van der Waals surface area contributed by atoms with Crippen molar-refractivity contribution < 1.29 is 28.6 Å². The van der Waals surface area contributed by atoms with Gasteiger partial charge in [-0.25, -0.2) is 0 Å². The molecular weight excluding hydrogens is 414 g/mol. The summed E-state index contributed by atoms with van der Waals surface area (Å²) in [5, 5.41) is 8.20. The maximum Gasteiger partial charge on any atom is 0.262 e. The van der Waals surface area contributed by atoms with Gasteiger partial charge in [0.2, 0.25) is 5.91 Å². The number of ether oxygens (including phenoxy) is 3. The molecule has 1 saturated heterocycles. The molecule has 0 radical (unpaired) electrons. The first kappa shape index (κ1) is 23.1. The highest BCUT2D eigenvalue weighted by Crippen LogP contribution is 2.25. The van der Waals surface area contributed by atoms with Crippen LogP contribution in [0.25, 0.3) is 0 Å². The number of hydrogen-bond acceptors (Lipinski definition) is 6. The number of para-hydroxylation sites is 2. The van der Waals surface area contributed by atoms with E-state index >= 15 is 0 Å². The molecule has 0 spiro atoms. The highest BCUT2D eigenvalue weighted by atomic mass is 16.5. The second kappa shape index (κ2) is 11.7. The Balaban J connectivity index is 1.38. The quantitative estimate of drug-likeness (QED) is 0.484. The lowest BCUT2D eigenvalue weighted by molar-refractivity contribution is -0.130. The van der Waals surface area contributed by atoms with Crippen LogP contribution < -0.4 is 25.4 Å². The summed E-state index contributed by atoms with van der Waals surface area (Å²) in [5.41, 5.74) is 0.984. The number of hydrogen-bond donors (Lipinski definition) is 3. The predicted octanol–water partition coefficient (Wildman–Crippen LogP) is 1.74. The summed E-state index contributed by atoms with van der Waals surface area (Å²) in [4.78, 5) is 36.2. The molecule has 170 valence electrons. The van der Waals surface area contributed by atoms with Gasteiger partial charge in [0.05, 0.1) is 7.11 Å². The van der Waals surface area contributed by atoms with Gasteiger partial charge >= 0.3 is 0 Å². The monoisotopic (exact) mass is 441 g/mol. The fourth-order valence-electron chi connectivity index (χ4n) is 3.15. The van der Waals surface area contributed by atoms with Crippen molar-refractivity contribution in [2.75, 3.05) is 38.7 Å². The lowest BCUT2D eigenvalue weighted by Gasteiger charge is -2.11. The summed E-state index contributed by atoms with van der Waals surface area (Å²) >= 11 is 0. The molecule has 9 heteroatoms. The Labute approximate surface area is 186 Å². The fourth-order valence-corrected chi connectivity index (χ4v) is 3.15. The average molecular weight is 441 g/mol. The van der Waals surface area contributed by atoms with Gasteiger partial charge in [0.25, 0.3) is 11.8 Å². The zero-order chi connectivity index (χ0) is 22.8.